The first kappa shape index (κ1) is 18.7. The predicted molar refractivity (Wildman–Crippen MR) is 92.1 cm³/mol. The summed E-state index contributed by atoms with van der Waals surface area (Å²) in [5.41, 5.74) is 0.142. The molecule has 6 nitrogen and oxygen atoms in total. The topological polar surface area (TPSA) is 68.8 Å². The van der Waals surface area contributed by atoms with Crippen molar-refractivity contribution in [2.75, 3.05) is 40.3 Å². The minimum Gasteiger partial charge on any atom is -0.359 e. The third kappa shape index (κ3) is 7.11. The number of aliphatic imine (C=N–C) groups is 1. The number of carbonyl (C=O) groups excluding carboxylic acids is 1. The van der Waals surface area contributed by atoms with Gasteiger partial charge in [0.15, 0.2) is 5.96 Å². The molecule has 0 bridgehead atoms. The maximum absolute atomic E-state index is 11.4. The highest BCUT2D eigenvalue weighted by atomic mass is 16.1. The number of carbonyl (C=O) groups is 1. The minimum absolute atomic E-state index is 0.142. The van der Waals surface area contributed by atoms with Gasteiger partial charge in [-0.05, 0) is 39.5 Å². The summed E-state index contributed by atoms with van der Waals surface area (Å²) >= 11 is 0. The molecule has 0 aromatic carbocycles. The van der Waals surface area contributed by atoms with Gasteiger partial charge in [0.2, 0.25) is 5.91 Å². The Morgan fingerprint density at radius 2 is 1.86 bits per heavy atom. The fourth-order valence-corrected chi connectivity index (χ4v) is 2.66. The monoisotopic (exact) mass is 311 g/mol. The van der Waals surface area contributed by atoms with Gasteiger partial charge >= 0.3 is 0 Å². The molecular formula is C16H33N5O. The lowest BCUT2D eigenvalue weighted by atomic mass is 9.93. The first-order valence-corrected chi connectivity index (χ1v) is 8.27. The Morgan fingerprint density at radius 3 is 2.36 bits per heavy atom. The van der Waals surface area contributed by atoms with Gasteiger partial charge in [0.25, 0.3) is 0 Å². The summed E-state index contributed by atoms with van der Waals surface area (Å²) in [6.45, 7) is 10.2. The number of amides is 1. The van der Waals surface area contributed by atoms with E-state index in [4.69, 9.17) is 0 Å². The van der Waals surface area contributed by atoms with Crippen LogP contribution in [0.2, 0.25) is 0 Å². The van der Waals surface area contributed by atoms with Crippen LogP contribution in [0.3, 0.4) is 0 Å². The van der Waals surface area contributed by atoms with Gasteiger partial charge in [-0.25, -0.2) is 0 Å². The highest BCUT2D eigenvalue weighted by Crippen LogP contribution is 2.20. The fourth-order valence-electron chi connectivity index (χ4n) is 2.66. The van der Waals surface area contributed by atoms with Crippen LogP contribution >= 0.6 is 0 Å². The van der Waals surface area contributed by atoms with Crippen LogP contribution in [0.25, 0.3) is 0 Å². The van der Waals surface area contributed by atoms with Gasteiger partial charge in [0, 0.05) is 52.2 Å². The van der Waals surface area contributed by atoms with Gasteiger partial charge < -0.3 is 20.9 Å². The molecule has 1 amide bonds. The van der Waals surface area contributed by atoms with E-state index < -0.39 is 0 Å². The van der Waals surface area contributed by atoms with Crippen molar-refractivity contribution in [3.05, 3.63) is 0 Å². The van der Waals surface area contributed by atoms with Crippen LogP contribution in [-0.4, -0.2) is 62.6 Å². The van der Waals surface area contributed by atoms with E-state index in [1.54, 1.807) is 7.05 Å². The van der Waals surface area contributed by atoms with E-state index >= 15 is 0 Å². The van der Waals surface area contributed by atoms with E-state index in [0.717, 1.165) is 45.0 Å². The van der Waals surface area contributed by atoms with E-state index in [9.17, 15) is 4.79 Å². The standard InChI is InChI=1S/C16H33N5O/c1-16(2,3)20-9-8-19-15(18-5)21-10-6-13(7-11-21)12-14(22)17-4/h13,20H,6-12H2,1-5H3,(H,17,22)(H,18,19). The molecule has 6 heteroatoms. The lowest BCUT2D eigenvalue weighted by molar-refractivity contribution is -0.121. The van der Waals surface area contributed by atoms with Crippen LogP contribution in [0.4, 0.5) is 0 Å². The molecule has 128 valence electrons. The van der Waals surface area contributed by atoms with Gasteiger partial charge in [-0.2, -0.15) is 0 Å². The molecule has 22 heavy (non-hydrogen) atoms. The van der Waals surface area contributed by atoms with Crippen LogP contribution in [0.15, 0.2) is 4.99 Å². The quantitative estimate of drug-likeness (QED) is 0.399. The number of nitrogens with zero attached hydrogens (tertiary/aromatic N) is 2. The Labute approximate surface area is 135 Å². The second-order valence-corrected chi connectivity index (χ2v) is 6.96. The second kappa shape index (κ2) is 8.98. The van der Waals surface area contributed by atoms with Crippen LogP contribution < -0.4 is 16.0 Å². The Hall–Kier alpha value is -1.30. The molecule has 0 aliphatic carbocycles. The van der Waals surface area contributed by atoms with Gasteiger partial charge in [0.05, 0.1) is 0 Å². The van der Waals surface area contributed by atoms with Crippen molar-refractivity contribution in [3.8, 4) is 0 Å². The van der Waals surface area contributed by atoms with Crippen molar-refractivity contribution in [2.45, 2.75) is 45.6 Å². The average molecular weight is 311 g/mol. The van der Waals surface area contributed by atoms with E-state index in [-0.39, 0.29) is 11.4 Å². The fraction of sp³-hybridized carbons (Fsp3) is 0.875. The zero-order chi connectivity index (χ0) is 16.6. The Bertz CT molecular complexity index is 367. The zero-order valence-electron chi connectivity index (χ0n) is 14.8. The minimum atomic E-state index is 0.142. The van der Waals surface area contributed by atoms with Crippen molar-refractivity contribution in [3.63, 3.8) is 0 Å². The third-order valence-corrected chi connectivity index (χ3v) is 3.94. The summed E-state index contributed by atoms with van der Waals surface area (Å²) < 4.78 is 0. The smallest absolute Gasteiger partial charge is 0.220 e. The van der Waals surface area contributed by atoms with Crippen molar-refractivity contribution in [1.29, 1.82) is 0 Å². The van der Waals surface area contributed by atoms with E-state index in [0.29, 0.717) is 12.3 Å². The SMILES string of the molecule is CN=C(NCCNC(C)(C)C)N1CCC(CC(=O)NC)CC1. The van der Waals surface area contributed by atoms with Crippen molar-refractivity contribution in [1.82, 2.24) is 20.9 Å². The van der Waals surface area contributed by atoms with Crippen LogP contribution in [0.5, 0.6) is 0 Å². The Balaban J connectivity index is 2.30. The maximum Gasteiger partial charge on any atom is 0.220 e. The lowest BCUT2D eigenvalue weighted by Crippen LogP contribution is -2.48. The Kier molecular flexibility index (Phi) is 7.65. The van der Waals surface area contributed by atoms with Crippen molar-refractivity contribution < 1.29 is 4.79 Å². The highest BCUT2D eigenvalue weighted by Gasteiger charge is 2.22. The first-order valence-electron chi connectivity index (χ1n) is 8.27. The van der Waals surface area contributed by atoms with Gasteiger partial charge in [0.1, 0.15) is 0 Å². The molecule has 0 atom stereocenters. The van der Waals surface area contributed by atoms with Crippen molar-refractivity contribution in [2.24, 2.45) is 10.9 Å². The van der Waals surface area contributed by atoms with Crippen LogP contribution in [-0.2, 0) is 4.79 Å². The number of piperidine rings is 1. The number of guanidine groups is 1. The summed E-state index contributed by atoms with van der Waals surface area (Å²) in [6, 6.07) is 0. The molecule has 0 spiro atoms. The number of hydrogen-bond donors (Lipinski definition) is 3. The molecule has 0 aromatic rings. The molecule has 1 heterocycles. The molecule has 1 rings (SSSR count). The first-order chi connectivity index (χ1) is 10.4. The lowest BCUT2D eigenvalue weighted by Gasteiger charge is -2.34. The molecule has 0 radical (unpaired) electrons. The number of likely N-dealkylation sites (tertiary alicyclic amines) is 1. The largest absolute Gasteiger partial charge is 0.359 e. The maximum atomic E-state index is 11.4. The van der Waals surface area contributed by atoms with E-state index in [1.165, 1.54) is 0 Å². The van der Waals surface area contributed by atoms with E-state index in [2.05, 4.69) is 46.6 Å². The highest BCUT2D eigenvalue weighted by molar-refractivity contribution is 5.80. The molecule has 0 saturated carbocycles. The summed E-state index contributed by atoms with van der Waals surface area (Å²) in [5.74, 6) is 1.61. The second-order valence-electron chi connectivity index (χ2n) is 6.96. The normalized spacial score (nSPS) is 17.5. The molecule has 1 aliphatic heterocycles. The Morgan fingerprint density at radius 1 is 1.23 bits per heavy atom. The molecule has 0 aromatic heterocycles. The molecule has 1 aliphatic rings. The van der Waals surface area contributed by atoms with Crippen LogP contribution in [0, 0.1) is 5.92 Å². The van der Waals surface area contributed by atoms with Gasteiger partial charge in [-0.3, -0.25) is 9.79 Å². The zero-order valence-corrected chi connectivity index (χ0v) is 14.8. The third-order valence-electron chi connectivity index (χ3n) is 3.94. The molecule has 0 unspecified atom stereocenters. The predicted octanol–water partition coefficient (Wildman–Crippen LogP) is 0.798. The molecule has 3 N–H and O–H groups in total. The summed E-state index contributed by atoms with van der Waals surface area (Å²) in [7, 11) is 3.53. The number of rotatable bonds is 5. The summed E-state index contributed by atoms with van der Waals surface area (Å²) in [5, 5.41) is 9.58. The van der Waals surface area contributed by atoms with Crippen molar-refractivity contribution >= 4 is 11.9 Å². The molecule has 1 saturated heterocycles. The number of hydrogen-bond acceptors (Lipinski definition) is 3. The average Bonchev–Trinajstić information content (AvgIpc) is 2.47. The molecular weight excluding hydrogens is 278 g/mol. The van der Waals surface area contributed by atoms with Gasteiger partial charge in [-0.15, -0.1) is 0 Å². The number of nitrogens with one attached hydrogen (secondary N) is 3. The van der Waals surface area contributed by atoms with E-state index in [1.807, 2.05) is 7.05 Å². The summed E-state index contributed by atoms with van der Waals surface area (Å²) in [4.78, 5) is 18.1. The van der Waals surface area contributed by atoms with Crippen LogP contribution in [0.1, 0.15) is 40.0 Å². The molecule has 1 fully saturated rings. The summed E-state index contributed by atoms with van der Waals surface area (Å²) in [6.07, 6.45) is 2.74. The van der Waals surface area contributed by atoms with Gasteiger partial charge in [-0.1, -0.05) is 0 Å².